The van der Waals surface area contributed by atoms with Crippen LogP contribution in [0.3, 0.4) is 0 Å². The van der Waals surface area contributed by atoms with Crippen LogP contribution in [-0.2, 0) is 0 Å². The quantitative estimate of drug-likeness (QED) is 0.268. The van der Waals surface area contributed by atoms with Gasteiger partial charge in [0.1, 0.15) is 0 Å². The Balaban J connectivity index is 0.00000529. The summed E-state index contributed by atoms with van der Waals surface area (Å²) in [6, 6.07) is 0. The molecule has 0 atom stereocenters. The van der Waals surface area contributed by atoms with Crippen LogP contribution in [0.15, 0.2) is 64.7 Å². The van der Waals surface area contributed by atoms with Crippen molar-refractivity contribution in [1.29, 1.82) is 0 Å². The van der Waals surface area contributed by atoms with Crippen molar-refractivity contribution in [3.63, 3.8) is 0 Å². The first-order valence-corrected chi connectivity index (χ1v) is 8.94. The summed E-state index contributed by atoms with van der Waals surface area (Å²) in [6.45, 7) is 10.1. The molecule has 0 unspecified atom stereocenters. The zero-order chi connectivity index (χ0) is 17.0. The summed E-state index contributed by atoms with van der Waals surface area (Å²) < 4.78 is 0. The number of rotatable bonds is 8. The van der Waals surface area contributed by atoms with Gasteiger partial charge in [0, 0.05) is 12.8 Å². The molecule has 0 N–H and O–H groups in total. The van der Waals surface area contributed by atoms with Crippen LogP contribution in [-0.4, -0.2) is 12.8 Å². The molecule has 1 nitrogen and oxygen atoms in total. The summed E-state index contributed by atoms with van der Waals surface area (Å²) in [7, 11) is 0. The number of aliphatic imine (C=N–C) groups is 1. The minimum Gasteiger partial charge on any atom is -0.293 e. The lowest BCUT2D eigenvalue weighted by Gasteiger charge is -2.32. The highest BCUT2D eigenvalue weighted by Crippen LogP contribution is 2.40. The Kier molecular flexibility index (Phi) is 9.28. The fourth-order valence-electron chi connectivity index (χ4n) is 2.92. The van der Waals surface area contributed by atoms with E-state index in [9.17, 15) is 0 Å². The molecule has 0 heterocycles. The number of hydrogen-bond donors (Lipinski definition) is 0. The molecule has 0 fully saturated rings. The van der Waals surface area contributed by atoms with Gasteiger partial charge in [-0.15, -0.1) is 0 Å². The molecule has 0 amide bonds. The largest absolute Gasteiger partial charge is 1.00 e. The van der Waals surface area contributed by atoms with Crippen LogP contribution >= 0.6 is 0 Å². The highest BCUT2D eigenvalue weighted by Gasteiger charge is 2.26. The molecule has 1 aliphatic rings. The van der Waals surface area contributed by atoms with Gasteiger partial charge in [0.2, 0.25) is 0 Å². The van der Waals surface area contributed by atoms with E-state index in [0.29, 0.717) is 5.41 Å². The molecule has 23 heavy (non-hydrogen) atoms. The minimum absolute atomic E-state index is 0. The molecule has 0 aromatic carbocycles. The van der Waals surface area contributed by atoms with Crippen LogP contribution in [0.4, 0.5) is 0 Å². The van der Waals surface area contributed by atoms with Crippen molar-refractivity contribution in [1.82, 2.24) is 0 Å². The Morgan fingerprint density at radius 3 is 2.35 bits per heavy atom. The van der Waals surface area contributed by atoms with Gasteiger partial charge in [-0.2, -0.15) is 0 Å². The Hall–Kier alpha value is -1.63. The van der Waals surface area contributed by atoms with Crippen molar-refractivity contribution in [2.75, 3.05) is 6.54 Å². The monoisotopic (exact) mass is 312 g/mol. The summed E-state index contributed by atoms with van der Waals surface area (Å²) in [5.74, 6) is 0. The fraction of sp³-hybridized carbons (Fsp3) is 0.500. The molecule has 1 aliphatic carbocycles. The summed E-state index contributed by atoms with van der Waals surface area (Å²) in [5, 5.41) is 0. The predicted molar refractivity (Wildman–Crippen MR) is 106 cm³/mol. The molecule has 0 aromatic heterocycles. The van der Waals surface area contributed by atoms with Crippen molar-refractivity contribution < 1.29 is 1.43 Å². The van der Waals surface area contributed by atoms with Gasteiger partial charge >= 0.3 is 1.43 Å². The maximum Gasteiger partial charge on any atom is 1.00 e. The van der Waals surface area contributed by atoms with Gasteiger partial charge in [0.05, 0.1) is 0 Å². The van der Waals surface area contributed by atoms with E-state index < -0.39 is 0 Å². The van der Waals surface area contributed by atoms with Crippen LogP contribution in [0, 0.1) is 5.41 Å². The molecule has 126 valence electrons. The molecule has 0 bridgehead atoms. The predicted octanol–water partition coefficient (Wildman–Crippen LogP) is 6.72. The van der Waals surface area contributed by atoms with Gasteiger partial charge in [0.25, 0.3) is 0 Å². The Labute approximate surface area is 144 Å². The summed E-state index contributed by atoms with van der Waals surface area (Å²) in [5.41, 5.74) is 3.38. The Morgan fingerprint density at radius 1 is 1.04 bits per heavy atom. The van der Waals surface area contributed by atoms with Crippen LogP contribution < -0.4 is 0 Å². The minimum atomic E-state index is 0. The van der Waals surface area contributed by atoms with Gasteiger partial charge in [0.15, 0.2) is 0 Å². The van der Waals surface area contributed by atoms with Crippen LogP contribution in [0.25, 0.3) is 0 Å². The molecule has 0 aliphatic heterocycles. The van der Waals surface area contributed by atoms with E-state index in [1.54, 1.807) is 5.57 Å². The van der Waals surface area contributed by atoms with Crippen molar-refractivity contribution in [3.8, 4) is 0 Å². The van der Waals surface area contributed by atoms with Crippen LogP contribution in [0.1, 0.15) is 61.2 Å². The molecular formula is C22H34N+. The molecule has 0 radical (unpaired) electrons. The van der Waals surface area contributed by atoms with E-state index in [0.717, 1.165) is 6.54 Å². The number of unbranched alkanes of at least 4 members (excludes halogenated alkanes) is 1. The fourth-order valence-corrected chi connectivity index (χ4v) is 2.92. The number of hydrogen-bond acceptors (Lipinski definition) is 1. The highest BCUT2D eigenvalue weighted by atomic mass is 14.7. The van der Waals surface area contributed by atoms with Gasteiger partial charge in [-0.3, -0.25) is 4.99 Å². The first-order valence-electron chi connectivity index (χ1n) is 8.94. The van der Waals surface area contributed by atoms with Crippen molar-refractivity contribution in [3.05, 3.63) is 59.8 Å². The average Bonchev–Trinajstić information content (AvgIpc) is 2.50. The smallest absolute Gasteiger partial charge is 0.293 e. The molecular weight excluding hydrogens is 278 g/mol. The van der Waals surface area contributed by atoms with Gasteiger partial charge in [-0.05, 0) is 49.7 Å². The summed E-state index contributed by atoms with van der Waals surface area (Å²) in [6.07, 6.45) is 24.8. The molecule has 1 heteroatoms. The molecule has 1 rings (SSSR count). The average molecular weight is 313 g/mol. The summed E-state index contributed by atoms with van der Waals surface area (Å²) >= 11 is 0. The number of allylic oxidation sites excluding steroid dienone is 10. The number of nitrogens with zero attached hydrogens (tertiary/aromatic N) is 1. The van der Waals surface area contributed by atoms with Gasteiger partial charge in [-0.25, -0.2) is 0 Å². The van der Waals surface area contributed by atoms with Gasteiger partial charge in [-0.1, -0.05) is 75.3 Å². The first-order chi connectivity index (χ1) is 11.1. The van der Waals surface area contributed by atoms with Gasteiger partial charge < -0.3 is 0 Å². The van der Waals surface area contributed by atoms with Crippen molar-refractivity contribution in [2.45, 2.75) is 59.8 Å². The Morgan fingerprint density at radius 2 is 1.70 bits per heavy atom. The van der Waals surface area contributed by atoms with E-state index in [2.05, 4.69) is 57.0 Å². The first kappa shape index (κ1) is 19.4. The lowest BCUT2D eigenvalue weighted by atomic mass is 9.73. The maximum absolute atomic E-state index is 4.30. The van der Waals surface area contributed by atoms with E-state index in [1.165, 1.54) is 37.7 Å². The standard InChI is InChI=1S/C22H33N/c1-5-6-18-23-19-13-11-9-7-8-10-12-16-21-20(2)15-14-17-22(21,3)4/h7-13,16,19H,5-6,14-15,17-18H2,1-4H3/p+1/b9-7+,10-8+,13-11+,16-12+,23-19?. The van der Waals surface area contributed by atoms with E-state index in [1.807, 2.05) is 30.5 Å². The van der Waals surface area contributed by atoms with Crippen molar-refractivity contribution >= 4 is 6.21 Å². The van der Waals surface area contributed by atoms with Crippen LogP contribution in [0.5, 0.6) is 0 Å². The molecule has 0 spiro atoms. The third-order valence-corrected chi connectivity index (χ3v) is 4.30. The highest BCUT2D eigenvalue weighted by molar-refractivity contribution is 5.71. The molecule has 0 aromatic rings. The topological polar surface area (TPSA) is 12.4 Å². The second kappa shape index (κ2) is 11.0. The molecule has 0 saturated carbocycles. The lowest BCUT2D eigenvalue weighted by molar-refractivity contribution is 0.377. The van der Waals surface area contributed by atoms with E-state index in [4.69, 9.17) is 0 Å². The summed E-state index contributed by atoms with van der Waals surface area (Å²) in [4.78, 5) is 4.30. The second-order valence-electron chi connectivity index (χ2n) is 6.85. The molecule has 0 saturated heterocycles. The van der Waals surface area contributed by atoms with E-state index in [-0.39, 0.29) is 1.43 Å². The third-order valence-electron chi connectivity index (χ3n) is 4.30. The lowest BCUT2D eigenvalue weighted by Crippen LogP contribution is -2.18. The Bertz CT molecular complexity index is 516. The van der Waals surface area contributed by atoms with E-state index >= 15 is 0 Å². The maximum atomic E-state index is 4.30. The zero-order valence-corrected chi connectivity index (χ0v) is 15.4. The normalized spacial score (nSPS) is 19.5. The SMILES string of the molecule is CCCCN=C/C=C/C=C/C=C/C=C/C1=C(C)CCCC1(C)C.[H+]. The van der Waals surface area contributed by atoms with Crippen LogP contribution in [0.2, 0.25) is 0 Å². The third kappa shape index (κ3) is 7.97. The van der Waals surface area contributed by atoms with Crippen molar-refractivity contribution in [2.24, 2.45) is 10.4 Å². The second-order valence-corrected chi connectivity index (χ2v) is 6.85. The zero-order valence-electron chi connectivity index (χ0n) is 16.4.